The molecule has 26 heavy (non-hydrogen) atoms. The molecule has 0 saturated heterocycles. The lowest BCUT2D eigenvalue weighted by atomic mass is 9.87. The number of primary amides is 1. The van der Waals surface area contributed by atoms with Crippen LogP contribution in [-0.4, -0.2) is 18.5 Å². The van der Waals surface area contributed by atoms with Gasteiger partial charge < -0.3 is 10.5 Å². The van der Waals surface area contributed by atoms with Gasteiger partial charge in [0.15, 0.2) is 0 Å². The first-order chi connectivity index (χ1) is 12.1. The average molecular weight is 372 g/mol. The van der Waals surface area contributed by atoms with Crippen LogP contribution in [0.1, 0.15) is 26.3 Å². The molecule has 0 atom stereocenters. The van der Waals surface area contributed by atoms with Crippen LogP contribution in [-0.2, 0) is 15.4 Å². The van der Waals surface area contributed by atoms with Crippen molar-refractivity contribution in [2.24, 2.45) is 5.73 Å². The second kappa shape index (κ2) is 6.17. The van der Waals surface area contributed by atoms with E-state index < -0.39 is 16.1 Å². The molecule has 3 aromatic rings. The summed E-state index contributed by atoms with van der Waals surface area (Å²) in [5.74, 6) is 0.184. The third-order valence-electron chi connectivity index (χ3n) is 4.12. The van der Waals surface area contributed by atoms with Crippen LogP contribution in [0.3, 0.4) is 0 Å². The van der Waals surface area contributed by atoms with Crippen molar-refractivity contribution in [3.05, 3.63) is 60.3 Å². The van der Waals surface area contributed by atoms with Crippen molar-refractivity contribution in [2.45, 2.75) is 31.1 Å². The van der Waals surface area contributed by atoms with Crippen molar-refractivity contribution < 1.29 is 17.9 Å². The van der Waals surface area contributed by atoms with Gasteiger partial charge in [0.2, 0.25) is 0 Å². The van der Waals surface area contributed by atoms with E-state index in [-0.39, 0.29) is 16.1 Å². The molecule has 0 aliphatic carbocycles. The van der Waals surface area contributed by atoms with Crippen LogP contribution in [0.4, 0.5) is 4.79 Å². The van der Waals surface area contributed by atoms with Gasteiger partial charge in [-0.15, -0.1) is 0 Å². The Balaban J connectivity index is 2.08. The third kappa shape index (κ3) is 3.30. The normalized spacial score (nSPS) is 12.3. The van der Waals surface area contributed by atoms with Gasteiger partial charge in [0.05, 0.1) is 10.4 Å². The van der Waals surface area contributed by atoms with Crippen LogP contribution < -0.4 is 10.5 Å². The summed E-state index contributed by atoms with van der Waals surface area (Å²) in [5.41, 5.74) is 6.41. The summed E-state index contributed by atoms with van der Waals surface area (Å²) >= 11 is 0. The number of carbonyl (C=O) groups is 1. The smallest absolute Gasteiger partial charge is 0.409 e. The molecule has 0 radical (unpaired) electrons. The summed E-state index contributed by atoms with van der Waals surface area (Å²) in [4.78, 5) is 11.1. The lowest BCUT2D eigenvalue weighted by molar-refractivity contribution is 0.211. The fraction of sp³-hybridized carbons (Fsp3) is 0.211. The Morgan fingerprint density at radius 3 is 2.27 bits per heavy atom. The third-order valence-corrected chi connectivity index (χ3v) is 5.83. The van der Waals surface area contributed by atoms with Gasteiger partial charge in [-0.25, -0.2) is 17.2 Å². The lowest BCUT2D eigenvalue weighted by Crippen LogP contribution is -2.16. The van der Waals surface area contributed by atoms with E-state index in [1.54, 1.807) is 30.3 Å². The van der Waals surface area contributed by atoms with Crippen molar-refractivity contribution >= 4 is 27.0 Å². The molecule has 0 aliphatic heterocycles. The SMILES string of the molecule is CC(C)(C)c1ccc(S(=O)(=O)n2ccc3ccc(OC(N)=O)cc32)cc1. The number of fused-ring (bicyclic) bond motifs is 1. The number of rotatable bonds is 3. The fourth-order valence-electron chi connectivity index (χ4n) is 2.71. The van der Waals surface area contributed by atoms with Crippen LogP contribution >= 0.6 is 0 Å². The molecule has 0 fully saturated rings. The molecule has 2 aromatic carbocycles. The molecule has 1 aromatic heterocycles. The minimum Gasteiger partial charge on any atom is -0.410 e. The highest BCUT2D eigenvalue weighted by Gasteiger charge is 2.21. The number of aromatic nitrogens is 1. The molecule has 0 saturated carbocycles. The number of amides is 1. The second-order valence-corrected chi connectivity index (χ2v) is 8.85. The Hall–Kier alpha value is -2.80. The van der Waals surface area contributed by atoms with Crippen LogP contribution in [0.25, 0.3) is 10.9 Å². The Morgan fingerprint density at radius 1 is 1.04 bits per heavy atom. The molecule has 0 unspecified atom stereocenters. The van der Waals surface area contributed by atoms with E-state index in [9.17, 15) is 13.2 Å². The summed E-state index contributed by atoms with van der Waals surface area (Å²) in [6, 6.07) is 13.2. The molecule has 1 amide bonds. The van der Waals surface area contributed by atoms with E-state index in [0.29, 0.717) is 10.9 Å². The molecular weight excluding hydrogens is 352 g/mol. The Labute approximate surface area is 152 Å². The van der Waals surface area contributed by atoms with Crippen LogP contribution in [0.5, 0.6) is 5.75 Å². The van der Waals surface area contributed by atoms with Crippen molar-refractivity contribution in [1.82, 2.24) is 3.97 Å². The summed E-state index contributed by atoms with van der Waals surface area (Å²) in [5, 5.41) is 0.705. The Kier molecular flexibility index (Phi) is 4.28. The van der Waals surface area contributed by atoms with E-state index >= 15 is 0 Å². The number of nitrogens with zero attached hydrogens (tertiary/aromatic N) is 1. The molecule has 3 rings (SSSR count). The summed E-state index contributed by atoms with van der Waals surface area (Å²) in [7, 11) is -3.78. The van der Waals surface area contributed by atoms with E-state index in [2.05, 4.69) is 20.8 Å². The average Bonchev–Trinajstić information content (AvgIpc) is 2.97. The van der Waals surface area contributed by atoms with Crippen molar-refractivity contribution in [3.63, 3.8) is 0 Å². The molecule has 1 heterocycles. The highest BCUT2D eigenvalue weighted by Crippen LogP contribution is 2.28. The second-order valence-electron chi connectivity index (χ2n) is 7.03. The standard InChI is InChI=1S/C19H20N2O4S/c1-19(2,3)14-5-8-16(9-6-14)26(23,24)21-11-10-13-4-7-15(12-17(13)21)25-18(20)22/h4-12H,1-3H3,(H2,20,22). The van der Waals surface area contributed by atoms with Crippen molar-refractivity contribution in [2.75, 3.05) is 0 Å². The first-order valence-corrected chi connectivity index (χ1v) is 9.47. The molecule has 0 aliphatic rings. The predicted molar refractivity (Wildman–Crippen MR) is 99.9 cm³/mol. The lowest BCUT2D eigenvalue weighted by Gasteiger charge is -2.19. The maximum Gasteiger partial charge on any atom is 0.409 e. The van der Waals surface area contributed by atoms with Gasteiger partial charge in [0, 0.05) is 17.6 Å². The number of hydrogen-bond donors (Lipinski definition) is 1. The van der Waals surface area contributed by atoms with Crippen LogP contribution in [0.2, 0.25) is 0 Å². The first-order valence-electron chi connectivity index (χ1n) is 8.03. The van der Waals surface area contributed by atoms with Gasteiger partial charge in [0.25, 0.3) is 10.0 Å². The number of carbonyl (C=O) groups excluding carboxylic acids is 1. The minimum atomic E-state index is -3.78. The largest absolute Gasteiger partial charge is 0.410 e. The highest BCUT2D eigenvalue weighted by molar-refractivity contribution is 7.90. The zero-order valence-corrected chi connectivity index (χ0v) is 15.6. The maximum absolute atomic E-state index is 13.0. The summed E-state index contributed by atoms with van der Waals surface area (Å²) in [6.45, 7) is 6.20. The van der Waals surface area contributed by atoms with Gasteiger partial charge in [0.1, 0.15) is 5.75 Å². The molecular formula is C19H20N2O4S. The molecule has 136 valence electrons. The fourth-order valence-corrected chi connectivity index (χ4v) is 4.06. The van der Waals surface area contributed by atoms with Crippen molar-refractivity contribution in [1.29, 1.82) is 0 Å². The zero-order valence-electron chi connectivity index (χ0n) is 14.8. The first kappa shape index (κ1) is 18.0. The topological polar surface area (TPSA) is 91.4 Å². The van der Waals surface area contributed by atoms with Gasteiger partial charge >= 0.3 is 6.09 Å². The van der Waals surface area contributed by atoms with E-state index in [1.807, 2.05) is 12.1 Å². The zero-order chi connectivity index (χ0) is 19.1. The molecule has 6 nitrogen and oxygen atoms in total. The Morgan fingerprint density at radius 2 is 1.69 bits per heavy atom. The van der Waals surface area contributed by atoms with E-state index in [1.165, 1.54) is 16.2 Å². The van der Waals surface area contributed by atoms with Crippen LogP contribution in [0, 0.1) is 0 Å². The van der Waals surface area contributed by atoms with E-state index in [4.69, 9.17) is 10.5 Å². The molecule has 7 heteroatoms. The predicted octanol–water partition coefficient (Wildman–Crippen LogP) is 3.63. The number of hydrogen-bond acceptors (Lipinski definition) is 4. The van der Waals surface area contributed by atoms with Crippen LogP contribution in [0.15, 0.2) is 59.6 Å². The number of ether oxygens (including phenoxy) is 1. The Bertz CT molecular complexity index is 1070. The molecule has 0 bridgehead atoms. The number of benzene rings is 2. The van der Waals surface area contributed by atoms with E-state index in [0.717, 1.165) is 5.56 Å². The van der Waals surface area contributed by atoms with Gasteiger partial charge in [-0.1, -0.05) is 32.9 Å². The van der Waals surface area contributed by atoms with Gasteiger partial charge in [-0.2, -0.15) is 0 Å². The molecule has 2 N–H and O–H groups in total. The maximum atomic E-state index is 13.0. The summed E-state index contributed by atoms with van der Waals surface area (Å²) < 4.78 is 32.1. The van der Waals surface area contributed by atoms with Gasteiger partial charge in [-0.3, -0.25) is 0 Å². The monoisotopic (exact) mass is 372 g/mol. The van der Waals surface area contributed by atoms with Gasteiger partial charge in [-0.05, 0) is 41.3 Å². The summed E-state index contributed by atoms with van der Waals surface area (Å²) in [6.07, 6.45) is 0.522. The minimum absolute atomic E-state index is 0.0660. The highest BCUT2D eigenvalue weighted by atomic mass is 32.2. The quantitative estimate of drug-likeness (QED) is 0.760. The number of nitrogens with two attached hydrogens (primary N) is 1. The molecule has 0 spiro atoms. The van der Waals surface area contributed by atoms with Crippen molar-refractivity contribution in [3.8, 4) is 5.75 Å².